The van der Waals surface area contributed by atoms with Gasteiger partial charge in [-0.25, -0.2) is 0 Å². The Hall–Kier alpha value is -2.41. The van der Waals surface area contributed by atoms with Gasteiger partial charge in [0.2, 0.25) is 0 Å². The molecule has 156 valence electrons. The molecule has 0 aliphatic carbocycles. The Labute approximate surface area is 177 Å². The summed E-state index contributed by atoms with van der Waals surface area (Å²) in [6.07, 6.45) is 2.78. The fraction of sp³-hybridized carbons (Fsp3) is 0.364. The summed E-state index contributed by atoms with van der Waals surface area (Å²) in [6, 6.07) is 16.1. The molecule has 0 spiro atoms. The van der Waals surface area contributed by atoms with Crippen molar-refractivity contribution in [3.05, 3.63) is 65.7 Å². The van der Waals surface area contributed by atoms with Gasteiger partial charge in [-0.05, 0) is 62.2 Å². The van der Waals surface area contributed by atoms with Gasteiger partial charge in [0.1, 0.15) is 0 Å². The molecule has 1 saturated heterocycles. The minimum absolute atomic E-state index is 0. The number of piperidine rings is 1. The largest absolute Gasteiger partial charge is 0.378 e. The normalized spacial score (nSPS) is 14.2. The summed E-state index contributed by atoms with van der Waals surface area (Å²) in [5.41, 5.74) is 7.37. The number of likely N-dealkylation sites (tertiary alicyclic amines) is 1. The van der Waals surface area contributed by atoms with Crippen LogP contribution in [-0.2, 0) is 4.74 Å². The Morgan fingerprint density at radius 1 is 1.00 bits per heavy atom. The van der Waals surface area contributed by atoms with Crippen molar-refractivity contribution in [2.75, 3.05) is 31.6 Å². The lowest BCUT2D eigenvalue weighted by Crippen LogP contribution is -2.41. The number of nitrogens with one attached hydrogen (secondary N) is 1. The summed E-state index contributed by atoms with van der Waals surface area (Å²) < 4.78 is 5.79. The van der Waals surface area contributed by atoms with Gasteiger partial charge in [0.15, 0.2) is 0 Å². The van der Waals surface area contributed by atoms with E-state index in [0.29, 0.717) is 43.1 Å². The van der Waals surface area contributed by atoms with Crippen LogP contribution in [0.2, 0.25) is 0 Å². The Morgan fingerprint density at radius 3 is 2.28 bits per heavy atom. The Morgan fingerprint density at radius 2 is 1.66 bits per heavy atom. The van der Waals surface area contributed by atoms with Gasteiger partial charge in [-0.2, -0.15) is 0 Å². The summed E-state index contributed by atoms with van der Waals surface area (Å²) in [5, 5.41) is 2.84. The lowest BCUT2D eigenvalue weighted by atomic mass is 10.1. The van der Waals surface area contributed by atoms with Crippen molar-refractivity contribution in [1.82, 2.24) is 4.90 Å². The van der Waals surface area contributed by atoms with E-state index >= 15 is 0 Å². The number of rotatable bonds is 7. The van der Waals surface area contributed by atoms with Crippen LogP contribution >= 0.6 is 12.4 Å². The number of amides is 2. The van der Waals surface area contributed by atoms with E-state index in [0.717, 1.165) is 19.3 Å². The van der Waals surface area contributed by atoms with Gasteiger partial charge in [0.05, 0.1) is 6.10 Å². The minimum atomic E-state index is -0.170. The number of halogens is 1. The molecule has 3 N–H and O–H groups in total. The molecule has 0 unspecified atom stereocenters. The van der Waals surface area contributed by atoms with Crippen LogP contribution in [0.15, 0.2) is 54.6 Å². The SMILES string of the molecule is Cl.NCCCOC1CCN(C(=O)c2ccc(NC(=O)c3ccccc3)cc2)CC1. The Bertz CT molecular complexity index is 776. The zero-order valence-corrected chi connectivity index (χ0v) is 17.2. The van der Waals surface area contributed by atoms with Crippen molar-refractivity contribution >= 4 is 29.9 Å². The van der Waals surface area contributed by atoms with E-state index in [1.165, 1.54) is 0 Å². The molecule has 29 heavy (non-hydrogen) atoms. The number of nitrogens with two attached hydrogens (primary N) is 1. The van der Waals surface area contributed by atoms with Gasteiger partial charge in [0, 0.05) is 36.5 Å². The third-order valence-electron chi connectivity index (χ3n) is 4.86. The fourth-order valence-corrected chi connectivity index (χ4v) is 3.23. The second kappa shape index (κ2) is 11.6. The molecule has 1 heterocycles. The van der Waals surface area contributed by atoms with Crippen molar-refractivity contribution in [3.8, 4) is 0 Å². The topological polar surface area (TPSA) is 84.7 Å². The van der Waals surface area contributed by atoms with Crippen LogP contribution in [0.4, 0.5) is 5.69 Å². The van der Waals surface area contributed by atoms with Gasteiger partial charge >= 0.3 is 0 Å². The van der Waals surface area contributed by atoms with Gasteiger partial charge in [-0.1, -0.05) is 18.2 Å². The third kappa shape index (κ3) is 6.56. The minimum Gasteiger partial charge on any atom is -0.378 e. The summed E-state index contributed by atoms with van der Waals surface area (Å²) in [6.45, 7) is 2.71. The summed E-state index contributed by atoms with van der Waals surface area (Å²) in [7, 11) is 0. The van der Waals surface area contributed by atoms with E-state index in [9.17, 15) is 9.59 Å². The van der Waals surface area contributed by atoms with E-state index in [4.69, 9.17) is 10.5 Å². The molecule has 1 fully saturated rings. The number of ether oxygens (including phenoxy) is 1. The maximum atomic E-state index is 12.7. The standard InChI is InChI=1S/C22H27N3O3.ClH/c23-13-4-16-28-20-11-14-25(15-12-20)22(27)18-7-9-19(10-8-18)24-21(26)17-5-2-1-3-6-17;/h1-3,5-10,20H,4,11-16,23H2,(H,24,26);1H. The van der Waals surface area contributed by atoms with Crippen LogP contribution in [0, 0.1) is 0 Å². The quantitative estimate of drug-likeness (QED) is 0.676. The maximum Gasteiger partial charge on any atom is 0.255 e. The molecule has 0 aromatic heterocycles. The van der Waals surface area contributed by atoms with Crippen LogP contribution in [0.3, 0.4) is 0 Å². The number of hydrogen-bond acceptors (Lipinski definition) is 4. The molecule has 2 amide bonds. The van der Waals surface area contributed by atoms with E-state index in [2.05, 4.69) is 5.32 Å². The van der Waals surface area contributed by atoms with Gasteiger partial charge in [-0.3, -0.25) is 9.59 Å². The highest BCUT2D eigenvalue weighted by Gasteiger charge is 2.24. The summed E-state index contributed by atoms with van der Waals surface area (Å²) >= 11 is 0. The van der Waals surface area contributed by atoms with Crippen molar-refractivity contribution in [1.29, 1.82) is 0 Å². The number of nitrogens with zero attached hydrogens (tertiary/aromatic N) is 1. The second-order valence-corrected chi connectivity index (χ2v) is 6.90. The molecule has 3 rings (SSSR count). The summed E-state index contributed by atoms with van der Waals surface area (Å²) in [4.78, 5) is 26.8. The molecular formula is C22H28ClN3O3. The number of carbonyl (C=O) groups excluding carboxylic acids is 2. The third-order valence-corrected chi connectivity index (χ3v) is 4.86. The number of carbonyl (C=O) groups is 2. The van der Waals surface area contributed by atoms with E-state index in [-0.39, 0.29) is 30.3 Å². The van der Waals surface area contributed by atoms with Crippen molar-refractivity contribution in [2.24, 2.45) is 5.73 Å². The molecule has 0 bridgehead atoms. The zero-order chi connectivity index (χ0) is 19.8. The van der Waals surface area contributed by atoms with E-state index in [1.54, 1.807) is 36.4 Å². The fourth-order valence-electron chi connectivity index (χ4n) is 3.23. The van der Waals surface area contributed by atoms with Crippen molar-refractivity contribution < 1.29 is 14.3 Å². The van der Waals surface area contributed by atoms with Crippen molar-refractivity contribution in [3.63, 3.8) is 0 Å². The molecule has 0 radical (unpaired) electrons. The van der Waals surface area contributed by atoms with E-state index < -0.39 is 0 Å². The van der Waals surface area contributed by atoms with E-state index in [1.807, 2.05) is 23.1 Å². The molecule has 6 nitrogen and oxygen atoms in total. The van der Waals surface area contributed by atoms with Crippen LogP contribution in [0.25, 0.3) is 0 Å². The van der Waals surface area contributed by atoms with Crippen LogP contribution in [0.1, 0.15) is 40.0 Å². The predicted molar refractivity (Wildman–Crippen MR) is 117 cm³/mol. The van der Waals surface area contributed by atoms with Crippen molar-refractivity contribution in [2.45, 2.75) is 25.4 Å². The van der Waals surface area contributed by atoms with Crippen LogP contribution in [-0.4, -0.2) is 49.1 Å². The average Bonchev–Trinajstić information content (AvgIpc) is 2.75. The first-order valence-electron chi connectivity index (χ1n) is 9.75. The first kappa shape index (κ1) is 22.9. The molecule has 1 aliphatic heterocycles. The summed E-state index contributed by atoms with van der Waals surface area (Å²) in [5.74, 6) is -0.155. The lowest BCUT2D eigenvalue weighted by molar-refractivity contribution is 0.00844. The first-order chi connectivity index (χ1) is 13.7. The lowest BCUT2D eigenvalue weighted by Gasteiger charge is -2.32. The number of anilines is 1. The van der Waals surface area contributed by atoms with Gasteiger partial charge in [0.25, 0.3) is 11.8 Å². The predicted octanol–water partition coefficient (Wildman–Crippen LogP) is 3.33. The van der Waals surface area contributed by atoms with Gasteiger partial charge in [-0.15, -0.1) is 12.4 Å². The molecule has 2 aromatic carbocycles. The number of hydrogen-bond donors (Lipinski definition) is 2. The zero-order valence-electron chi connectivity index (χ0n) is 16.4. The average molecular weight is 418 g/mol. The smallest absolute Gasteiger partial charge is 0.255 e. The highest BCUT2D eigenvalue weighted by atomic mass is 35.5. The highest BCUT2D eigenvalue weighted by Crippen LogP contribution is 2.18. The van der Waals surface area contributed by atoms with Gasteiger partial charge < -0.3 is 20.7 Å². The van der Waals surface area contributed by atoms with Crippen LogP contribution < -0.4 is 11.1 Å². The first-order valence-corrected chi connectivity index (χ1v) is 9.75. The molecule has 0 atom stereocenters. The monoisotopic (exact) mass is 417 g/mol. The molecule has 2 aromatic rings. The molecular weight excluding hydrogens is 390 g/mol. The Balaban J connectivity index is 0.00000300. The maximum absolute atomic E-state index is 12.7. The highest BCUT2D eigenvalue weighted by molar-refractivity contribution is 6.04. The van der Waals surface area contributed by atoms with Crippen LogP contribution in [0.5, 0.6) is 0 Å². The number of benzene rings is 2. The molecule has 7 heteroatoms. The Kier molecular flexibility index (Phi) is 9.12. The molecule has 1 aliphatic rings. The molecule has 0 saturated carbocycles. The second-order valence-electron chi connectivity index (χ2n) is 6.90.